The molecule has 92 valence electrons. The predicted molar refractivity (Wildman–Crippen MR) is 75.3 cm³/mol. The van der Waals surface area contributed by atoms with E-state index in [2.05, 4.69) is 59.0 Å². The molecule has 0 N–H and O–H groups in total. The fraction of sp³-hybridized carbons (Fsp3) is 0.267. The van der Waals surface area contributed by atoms with Gasteiger partial charge in [-0.15, -0.1) is 0 Å². The summed E-state index contributed by atoms with van der Waals surface area (Å²) < 4.78 is 0. The van der Waals surface area contributed by atoms with E-state index in [1.54, 1.807) is 0 Å². The molecule has 18 heavy (non-hydrogen) atoms. The van der Waals surface area contributed by atoms with Crippen molar-refractivity contribution < 1.29 is 0 Å². The lowest BCUT2D eigenvalue weighted by Gasteiger charge is -2.24. The van der Waals surface area contributed by atoms with Crippen LogP contribution < -0.4 is 9.80 Å². The number of anilines is 3. The molecule has 1 aliphatic rings. The van der Waals surface area contributed by atoms with E-state index in [1.165, 1.54) is 11.4 Å². The Morgan fingerprint density at radius 1 is 1.00 bits per heavy atom. The Bertz CT molecular complexity index is 536. The summed E-state index contributed by atoms with van der Waals surface area (Å²) in [6.07, 6.45) is 1.84. The van der Waals surface area contributed by atoms with Gasteiger partial charge in [-0.3, -0.25) is 0 Å². The van der Waals surface area contributed by atoms with E-state index in [4.69, 9.17) is 0 Å². The van der Waals surface area contributed by atoms with Crippen molar-refractivity contribution in [2.24, 2.45) is 0 Å². The smallest absolute Gasteiger partial charge is 0.134 e. The first-order chi connectivity index (χ1) is 8.77. The zero-order valence-electron chi connectivity index (χ0n) is 10.7. The number of hydrogen-bond acceptors (Lipinski definition) is 3. The number of aromatic nitrogens is 1. The molecule has 0 bridgehead atoms. The van der Waals surface area contributed by atoms with Crippen molar-refractivity contribution in [3.05, 3.63) is 48.7 Å². The molecule has 0 amide bonds. The summed E-state index contributed by atoms with van der Waals surface area (Å²) in [7, 11) is 0. The average molecular weight is 239 g/mol. The van der Waals surface area contributed by atoms with Crippen LogP contribution in [0.2, 0.25) is 0 Å². The predicted octanol–water partition coefficient (Wildman–Crippen LogP) is 3.41. The molecular weight excluding hydrogens is 222 g/mol. The highest BCUT2D eigenvalue weighted by Gasteiger charge is 2.28. The van der Waals surface area contributed by atoms with Gasteiger partial charge in [0.1, 0.15) is 5.82 Å². The van der Waals surface area contributed by atoms with Gasteiger partial charge < -0.3 is 9.80 Å². The highest BCUT2D eigenvalue weighted by Crippen LogP contribution is 2.40. The fourth-order valence-corrected chi connectivity index (χ4v) is 2.39. The topological polar surface area (TPSA) is 19.4 Å². The van der Waals surface area contributed by atoms with Gasteiger partial charge in [0.05, 0.1) is 18.0 Å². The van der Waals surface area contributed by atoms with Crippen molar-refractivity contribution in [1.82, 2.24) is 4.98 Å². The van der Waals surface area contributed by atoms with Gasteiger partial charge in [0.2, 0.25) is 0 Å². The molecule has 0 saturated carbocycles. The number of pyridine rings is 1. The highest BCUT2D eigenvalue weighted by atomic mass is 15.4. The second kappa shape index (κ2) is 4.33. The van der Waals surface area contributed by atoms with Crippen LogP contribution >= 0.6 is 0 Å². The van der Waals surface area contributed by atoms with Crippen molar-refractivity contribution in [2.45, 2.75) is 19.9 Å². The van der Waals surface area contributed by atoms with Crippen LogP contribution in [-0.4, -0.2) is 17.7 Å². The quantitative estimate of drug-likeness (QED) is 0.800. The molecule has 0 atom stereocenters. The maximum atomic E-state index is 4.45. The summed E-state index contributed by atoms with van der Waals surface area (Å²) in [5.74, 6) is 1.01. The van der Waals surface area contributed by atoms with Crippen LogP contribution in [-0.2, 0) is 0 Å². The van der Waals surface area contributed by atoms with Gasteiger partial charge in [-0.05, 0) is 38.1 Å². The minimum Gasteiger partial charge on any atom is -0.349 e. The Morgan fingerprint density at radius 2 is 1.72 bits per heavy atom. The Morgan fingerprint density at radius 3 is 2.39 bits per heavy atom. The second-order valence-corrected chi connectivity index (χ2v) is 4.81. The number of hydrogen-bond donors (Lipinski definition) is 0. The summed E-state index contributed by atoms with van der Waals surface area (Å²) in [6, 6.07) is 15.0. The van der Waals surface area contributed by atoms with E-state index in [1.807, 2.05) is 18.3 Å². The van der Waals surface area contributed by atoms with E-state index >= 15 is 0 Å². The Hall–Kier alpha value is -2.03. The first-order valence-electron chi connectivity index (χ1n) is 6.31. The molecule has 3 rings (SSSR count). The van der Waals surface area contributed by atoms with Gasteiger partial charge in [0.15, 0.2) is 0 Å². The van der Waals surface area contributed by atoms with Gasteiger partial charge in [0, 0.05) is 12.2 Å². The van der Waals surface area contributed by atoms with E-state index in [9.17, 15) is 0 Å². The molecule has 0 radical (unpaired) electrons. The third kappa shape index (κ3) is 1.72. The maximum absolute atomic E-state index is 4.45. The molecule has 0 unspecified atom stereocenters. The summed E-state index contributed by atoms with van der Waals surface area (Å²) in [4.78, 5) is 9.10. The third-order valence-corrected chi connectivity index (χ3v) is 3.32. The van der Waals surface area contributed by atoms with Crippen molar-refractivity contribution in [1.29, 1.82) is 0 Å². The summed E-state index contributed by atoms with van der Waals surface area (Å²) in [5, 5.41) is 0. The van der Waals surface area contributed by atoms with E-state index < -0.39 is 0 Å². The van der Waals surface area contributed by atoms with Crippen LogP contribution in [0, 0.1) is 0 Å². The standard InChI is InChI=1S/C15H17N3/c1-12(2)17-11-18(15-9-5-6-10-16-15)14-8-4-3-7-13(14)17/h3-10,12H,11H2,1-2H3. The number of nitrogens with zero attached hydrogens (tertiary/aromatic N) is 3. The summed E-state index contributed by atoms with van der Waals surface area (Å²) >= 11 is 0. The number of para-hydroxylation sites is 2. The van der Waals surface area contributed by atoms with Crippen LogP contribution in [0.25, 0.3) is 0 Å². The Balaban J connectivity index is 2.05. The first kappa shape index (κ1) is 11.1. The largest absolute Gasteiger partial charge is 0.349 e. The summed E-state index contributed by atoms with van der Waals surface area (Å²) in [6.45, 7) is 5.31. The van der Waals surface area contributed by atoms with Crippen molar-refractivity contribution in [3.8, 4) is 0 Å². The SMILES string of the molecule is CC(C)N1CN(c2ccccn2)c2ccccc21. The number of rotatable bonds is 2. The monoisotopic (exact) mass is 239 g/mol. The molecule has 0 saturated heterocycles. The molecule has 2 heterocycles. The van der Waals surface area contributed by atoms with Crippen LogP contribution in [0.4, 0.5) is 17.2 Å². The lowest BCUT2D eigenvalue weighted by molar-refractivity contribution is 0.707. The van der Waals surface area contributed by atoms with Gasteiger partial charge in [-0.2, -0.15) is 0 Å². The molecule has 3 nitrogen and oxygen atoms in total. The Kier molecular flexibility index (Phi) is 2.67. The fourth-order valence-electron chi connectivity index (χ4n) is 2.39. The normalized spacial score (nSPS) is 14.2. The molecule has 1 aromatic carbocycles. The van der Waals surface area contributed by atoms with Crippen LogP contribution in [0.15, 0.2) is 48.7 Å². The van der Waals surface area contributed by atoms with Gasteiger partial charge in [0.25, 0.3) is 0 Å². The third-order valence-electron chi connectivity index (χ3n) is 3.32. The molecule has 0 spiro atoms. The molecular formula is C15H17N3. The minimum atomic E-state index is 0.486. The lowest BCUT2D eigenvalue weighted by Crippen LogP contribution is -2.33. The zero-order valence-corrected chi connectivity index (χ0v) is 10.7. The van der Waals surface area contributed by atoms with Crippen molar-refractivity contribution >= 4 is 17.2 Å². The zero-order chi connectivity index (χ0) is 12.5. The minimum absolute atomic E-state index is 0.486. The number of benzene rings is 1. The van der Waals surface area contributed by atoms with Gasteiger partial charge in [-0.25, -0.2) is 4.98 Å². The first-order valence-corrected chi connectivity index (χ1v) is 6.31. The molecule has 0 fully saturated rings. The molecule has 3 heteroatoms. The van der Waals surface area contributed by atoms with E-state index in [0.29, 0.717) is 6.04 Å². The van der Waals surface area contributed by atoms with Crippen LogP contribution in [0.5, 0.6) is 0 Å². The molecule has 0 aliphatic carbocycles. The molecule has 2 aromatic rings. The highest BCUT2D eigenvalue weighted by molar-refractivity contribution is 5.81. The average Bonchev–Trinajstić information content (AvgIpc) is 2.79. The maximum Gasteiger partial charge on any atom is 0.134 e. The second-order valence-electron chi connectivity index (χ2n) is 4.81. The van der Waals surface area contributed by atoms with Crippen molar-refractivity contribution in [3.63, 3.8) is 0 Å². The molecule has 1 aliphatic heterocycles. The Labute approximate surface area is 108 Å². The van der Waals surface area contributed by atoms with E-state index in [-0.39, 0.29) is 0 Å². The lowest BCUT2D eigenvalue weighted by atomic mass is 10.2. The van der Waals surface area contributed by atoms with E-state index in [0.717, 1.165) is 12.5 Å². The molecule has 1 aromatic heterocycles. The van der Waals surface area contributed by atoms with Crippen LogP contribution in [0.1, 0.15) is 13.8 Å². The summed E-state index contributed by atoms with van der Waals surface area (Å²) in [5.41, 5.74) is 2.53. The van der Waals surface area contributed by atoms with Crippen LogP contribution in [0.3, 0.4) is 0 Å². The number of fused-ring (bicyclic) bond motifs is 1. The van der Waals surface area contributed by atoms with Crippen molar-refractivity contribution in [2.75, 3.05) is 16.5 Å². The van der Waals surface area contributed by atoms with Gasteiger partial charge in [-0.1, -0.05) is 18.2 Å². The van der Waals surface area contributed by atoms with Gasteiger partial charge >= 0.3 is 0 Å².